The van der Waals surface area contributed by atoms with E-state index in [4.69, 9.17) is 14.2 Å². The Morgan fingerprint density at radius 3 is 0.971 bits per heavy atom. The quantitative estimate of drug-likeness (QED) is 0.107. The molecule has 3 nitrogen and oxygen atoms in total. The topological polar surface area (TPSA) is 27.7 Å². The van der Waals surface area contributed by atoms with Crippen LogP contribution in [0, 0.1) is 0 Å². The summed E-state index contributed by atoms with van der Waals surface area (Å²) in [5.74, 6) is 0. The molecule has 0 amide bonds. The zero-order valence-corrected chi connectivity index (χ0v) is 25.1. The molecule has 0 spiro atoms. The molecule has 0 aliphatic heterocycles. The lowest BCUT2D eigenvalue weighted by Gasteiger charge is -2.29. The summed E-state index contributed by atoms with van der Waals surface area (Å²) in [6.45, 7) is 20.4. The molecule has 35 heavy (non-hydrogen) atoms. The van der Waals surface area contributed by atoms with Crippen LogP contribution in [0.3, 0.4) is 0 Å². The third kappa shape index (κ3) is 21.5. The average Bonchev–Trinajstić information content (AvgIpc) is 2.73. The molecule has 0 heterocycles. The average molecular weight is 500 g/mol. The number of hydrogen-bond donors (Lipinski definition) is 0. The smallest absolute Gasteiger partial charge is 0.249 e. The fourth-order valence-corrected chi connectivity index (χ4v) is 3.33. The van der Waals surface area contributed by atoms with Crippen LogP contribution in [0.2, 0.25) is 0 Å². The fraction of sp³-hybridized carbons (Fsp3) is 0.613. The van der Waals surface area contributed by atoms with Crippen molar-refractivity contribution in [1.29, 1.82) is 0 Å². The summed E-state index contributed by atoms with van der Waals surface area (Å²) in [7, 11) is 3.63. The highest BCUT2D eigenvalue weighted by atomic mass is 28.1. The predicted octanol–water partition coefficient (Wildman–Crippen LogP) is 8.89. The van der Waals surface area contributed by atoms with Gasteiger partial charge in [0.15, 0.2) is 10.2 Å². The molecule has 0 fully saturated rings. The van der Waals surface area contributed by atoms with Crippen molar-refractivity contribution in [3.63, 3.8) is 0 Å². The predicted molar refractivity (Wildman–Crippen MR) is 154 cm³/mol. The van der Waals surface area contributed by atoms with Crippen LogP contribution in [0.4, 0.5) is 0 Å². The lowest BCUT2D eigenvalue weighted by molar-refractivity contribution is -0.313. The first-order valence-electron chi connectivity index (χ1n) is 13.0. The first-order valence-corrected chi connectivity index (χ1v) is 13.5. The highest BCUT2D eigenvalue weighted by molar-refractivity contribution is 6.12. The molecule has 0 aromatic heterocycles. The van der Waals surface area contributed by atoms with Crippen LogP contribution in [0.15, 0.2) is 69.9 Å². The zero-order valence-electron chi connectivity index (χ0n) is 24.1. The van der Waals surface area contributed by atoms with Crippen molar-refractivity contribution in [1.82, 2.24) is 0 Å². The minimum atomic E-state index is -1.29. The van der Waals surface area contributed by atoms with Crippen LogP contribution in [0.25, 0.3) is 0 Å². The molecule has 3 radical (unpaired) electrons. The number of hydrogen-bond acceptors (Lipinski definition) is 3. The molecule has 0 saturated heterocycles. The third-order valence-electron chi connectivity index (χ3n) is 5.39. The van der Waals surface area contributed by atoms with Gasteiger partial charge in [-0.15, -0.1) is 0 Å². The van der Waals surface area contributed by atoms with Gasteiger partial charge in [-0.25, -0.2) is 0 Å². The molecule has 0 bridgehead atoms. The van der Waals surface area contributed by atoms with Gasteiger partial charge in [-0.2, -0.15) is 0 Å². The highest BCUT2D eigenvalue weighted by Gasteiger charge is 2.26. The summed E-state index contributed by atoms with van der Waals surface area (Å²) >= 11 is 0. The van der Waals surface area contributed by atoms with Crippen LogP contribution in [-0.4, -0.2) is 35.7 Å². The second kappa shape index (κ2) is 19.7. The zero-order chi connectivity index (χ0) is 26.7. The van der Waals surface area contributed by atoms with Gasteiger partial charge in [0, 0.05) is 0 Å². The van der Waals surface area contributed by atoms with Gasteiger partial charge in [0.25, 0.3) is 0 Å². The number of ether oxygens (including phenoxy) is 3. The normalized spacial score (nSPS) is 13.0. The first kappa shape index (κ1) is 33.5. The van der Waals surface area contributed by atoms with Crippen LogP contribution in [-0.2, 0) is 14.2 Å². The Kier molecular flexibility index (Phi) is 18.9. The molecule has 0 rings (SSSR count). The standard InChI is InChI=1S/C31H51O3Si/c1-25(2)13-10-16-28(7)19-22-32-31(35,33-23-20-29(8)17-11-14-26(3)4)34-24-21-30(9)18-12-15-27(5)6/h13-15,19-21H,10-12,16-18,22-24H2,1-9H3/b28-19+,29-20+,30-21+. The van der Waals surface area contributed by atoms with Crippen molar-refractivity contribution in [3.8, 4) is 0 Å². The van der Waals surface area contributed by atoms with E-state index in [9.17, 15) is 0 Å². The van der Waals surface area contributed by atoms with Gasteiger partial charge in [0.2, 0.25) is 5.60 Å². The fourth-order valence-electron chi connectivity index (χ4n) is 3.08. The van der Waals surface area contributed by atoms with E-state index in [1.165, 1.54) is 33.4 Å². The number of rotatable bonds is 18. The van der Waals surface area contributed by atoms with Crippen molar-refractivity contribution < 1.29 is 14.2 Å². The minimum absolute atomic E-state index is 0.413. The Morgan fingerprint density at radius 2 is 0.743 bits per heavy atom. The van der Waals surface area contributed by atoms with Crippen LogP contribution >= 0.6 is 0 Å². The molecule has 0 aliphatic carbocycles. The monoisotopic (exact) mass is 499 g/mol. The Bertz CT molecular complexity index is 666. The molecule has 0 unspecified atom stereocenters. The van der Waals surface area contributed by atoms with E-state index in [2.05, 4.69) is 109 Å². The van der Waals surface area contributed by atoms with Crippen molar-refractivity contribution in [2.45, 2.75) is 106 Å². The maximum atomic E-state index is 6.02. The summed E-state index contributed by atoms with van der Waals surface area (Å²) in [5.41, 5.74) is 6.64. The summed E-state index contributed by atoms with van der Waals surface area (Å²) in [5, 5.41) is 0. The third-order valence-corrected chi connectivity index (χ3v) is 5.82. The van der Waals surface area contributed by atoms with Gasteiger partial charge < -0.3 is 14.2 Å². The Hall–Kier alpha value is -1.46. The van der Waals surface area contributed by atoms with Crippen LogP contribution in [0.1, 0.15) is 101 Å². The Balaban J connectivity index is 5.00. The SMILES string of the molecule is CC(C)=CCC/C(C)=C/COC([Si])(OC/C=C(\C)CCC=C(C)C)OC/C=C(\C)CCC=C(C)C. The summed E-state index contributed by atoms with van der Waals surface area (Å²) in [6, 6.07) is 0. The Morgan fingerprint density at radius 1 is 0.486 bits per heavy atom. The van der Waals surface area contributed by atoms with Crippen molar-refractivity contribution in [2.24, 2.45) is 0 Å². The van der Waals surface area contributed by atoms with Gasteiger partial charge in [0.05, 0.1) is 19.8 Å². The van der Waals surface area contributed by atoms with E-state index < -0.39 is 5.60 Å². The molecule has 197 valence electrons. The molecule has 4 heteroatoms. The Labute approximate surface area is 220 Å². The van der Waals surface area contributed by atoms with Crippen molar-refractivity contribution in [3.05, 3.63) is 69.9 Å². The van der Waals surface area contributed by atoms with E-state index >= 15 is 0 Å². The summed E-state index contributed by atoms with van der Waals surface area (Å²) < 4.78 is 18.0. The van der Waals surface area contributed by atoms with Crippen molar-refractivity contribution in [2.75, 3.05) is 19.8 Å². The second-order valence-electron chi connectivity index (χ2n) is 10.1. The molecule has 0 N–H and O–H groups in total. The maximum absolute atomic E-state index is 6.02. The van der Waals surface area contributed by atoms with Gasteiger partial charge in [-0.3, -0.25) is 0 Å². The van der Waals surface area contributed by atoms with E-state index in [1.807, 2.05) is 0 Å². The molecule has 0 aromatic rings. The van der Waals surface area contributed by atoms with E-state index in [1.54, 1.807) is 0 Å². The molecular formula is C31H51O3Si. The molecule has 0 atom stereocenters. The molecule has 0 aromatic carbocycles. The lowest BCUT2D eigenvalue weighted by Crippen LogP contribution is -2.40. The van der Waals surface area contributed by atoms with Crippen LogP contribution < -0.4 is 0 Å². The summed E-state index contributed by atoms with van der Waals surface area (Å²) in [4.78, 5) is 0. The largest absolute Gasteiger partial charge is 0.328 e. The molecule has 0 saturated carbocycles. The highest BCUT2D eigenvalue weighted by Crippen LogP contribution is 2.16. The maximum Gasteiger partial charge on any atom is 0.249 e. The van der Waals surface area contributed by atoms with E-state index in [0.29, 0.717) is 19.8 Å². The molecule has 0 aliphatic rings. The van der Waals surface area contributed by atoms with Crippen LogP contribution in [0.5, 0.6) is 0 Å². The number of allylic oxidation sites excluding steroid dienone is 9. The van der Waals surface area contributed by atoms with Gasteiger partial charge in [-0.05, 0) is 101 Å². The van der Waals surface area contributed by atoms with E-state index in [0.717, 1.165) is 38.5 Å². The first-order chi connectivity index (χ1) is 16.4. The van der Waals surface area contributed by atoms with Crippen molar-refractivity contribution >= 4 is 10.2 Å². The van der Waals surface area contributed by atoms with Gasteiger partial charge >= 0.3 is 0 Å². The lowest BCUT2D eigenvalue weighted by atomic mass is 10.1. The molecular weight excluding hydrogens is 448 g/mol. The minimum Gasteiger partial charge on any atom is -0.328 e. The van der Waals surface area contributed by atoms with Gasteiger partial charge in [0.1, 0.15) is 0 Å². The second-order valence-corrected chi connectivity index (χ2v) is 10.7. The van der Waals surface area contributed by atoms with E-state index in [-0.39, 0.29) is 0 Å². The summed E-state index contributed by atoms with van der Waals surface area (Å²) in [6.07, 6.45) is 19.3. The van der Waals surface area contributed by atoms with Gasteiger partial charge in [-0.1, -0.05) is 69.9 Å².